The van der Waals surface area contributed by atoms with Gasteiger partial charge < -0.3 is 28.4 Å². The Labute approximate surface area is 300 Å². The van der Waals surface area contributed by atoms with E-state index < -0.39 is 61.2 Å². The lowest BCUT2D eigenvalue weighted by molar-refractivity contribution is -0.274. The number of esters is 4. The Morgan fingerprint density at radius 3 is 1.44 bits per heavy atom. The summed E-state index contributed by atoms with van der Waals surface area (Å²) in [7, 11) is 0. The fourth-order valence-corrected chi connectivity index (χ4v) is 5.68. The summed E-state index contributed by atoms with van der Waals surface area (Å²) in [4.78, 5) is 53.7. The zero-order valence-electron chi connectivity index (χ0n) is 28.1. The number of ether oxygens (including phenoxy) is 6. The van der Waals surface area contributed by atoms with E-state index in [9.17, 15) is 19.2 Å². The third-order valence-electron chi connectivity index (χ3n) is 8.33. The summed E-state index contributed by atoms with van der Waals surface area (Å²) in [5.74, 6) is -4.90. The molecule has 5 aromatic carbocycles. The standard InChI is InChI=1S/C42H36O10/c43-38(31-18-8-2-9-19-31)47-28-35-36(50-40(45)33-22-12-4-13-23-33)37(51-41(46)34-24-14-5-15-25-34)42(52-35,49-27-26-30-16-6-1-7-17-30)29-48-39(44)32-20-10-3-11-21-32/h1-25,35-37H,26-29H2/t35-,36-,37+,42-/m1/s1. The Balaban J connectivity index is 1.38. The number of hydrogen-bond acceptors (Lipinski definition) is 10. The largest absolute Gasteiger partial charge is 0.459 e. The van der Waals surface area contributed by atoms with Crippen LogP contribution in [0.1, 0.15) is 47.0 Å². The van der Waals surface area contributed by atoms with Crippen LogP contribution in [-0.4, -0.2) is 67.8 Å². The molecule has 0 aliphatic carbocycles. The lowest BCUT2D eigenvalue weighted by Crippen LogP contribution is -2.53. The van der Waals surface area contributed by atoms with E-state index in [1.807, 2.05) is 30.3 Å². The molecule has 1 heterocycles. The van der Waals surface area contributed by atoms with Crippen molar-refractivity contribution in [1.29, 1.82) is 0 Å². The highest BCUT2D eigenvalue weighted by molar-refractivity contribution is 5.91. The highest BCUT2D eigenvalue weighted by atomic mass is 16.8. The molecule has 5 aromatic rings. The van der Waals surface area contributed by atoms with E-state index >= 15 is 0 Å². The van der Waals surface area contributed by atoms with Crippen LogP contribution >= 0.6 is 0 Å². The van der Waals surface area contributed by atoms with Crippen molar-refractivity contribution < 1.29 is 47.6 Å². The lowest BCUT2D eigenvalue weighted by Gasteiger charge is -2.34. The first-order chi connectivity index (χ1) is 25.4. The van der Waals surface area contributed by atoms with Crippen molar-refractivity contribution in [2.24, 2.45) is 0 Å². The van der Waals surface area contributed by atoms with Gasteiger partial charge in [-0.1, -0.05) is 103 Å². The van der Waals surface area contributed by atoms with Crippen LogP contribution in [0.15, 0.2) is 152 Å². The van der Waals surface area contributed by atoms with Gasteiger partial charge in [0.15, 0.2) is 12.2 Å². The summed E-state index contributed by atoms with van der Waals surface area (Å²) in [6.07, 6.45) is -3.73. The van der Waals surface area contributed by atoms with Gasteiger partial charge in [0.1, 0.15) is 19.3 Å². The molecule has 6 rings (SSSR count). The second-order valence-electron chi connectivity index (χ2n) is 11.9. The zero-order chi connectivity index (χ0) is 36.2. The van der Waals surface area contributed by atoms with Crippen LogP contribution in [-0.2, 0) is 34.8 Å². The first kappa shape index (κ1) is 35.7. The molecule has 0 bridgehead atoms. The molecule has 0 N–H and O–H groups in total. The van der Waals surface area contributed by atoms with Crippen molar-refractivity contribution in [1.82, 2.24) is 0 Å². The molecule has 1 aliphatic rings. The van der Waals surface area contributed by atoms with Crippen LogP contribution in [0.2, 0.25) is 0 Å². The van der Waals surface area contributed by atoms with E-state index in [2.05, 4.69) is 0 Å². The van der Waals surface area contributed by atoms with Gasteiger partial charge in [0.25, 0.3) is 0 Å². The first-order valence-electron chi connectivity index (χ1n) is 16.7. The van der Waals surface area contributed by atoms with E-state index in [-0.39, 0.29) is 28.9 Å². The van der Waals surface area contributed by atoms with Crippen LogP contribution in [0, 0.1) is 0 Å². The van der Waals surface area contributed by atoms with Gasteiger partial charge >= 0.3 is 23.9 Å². The number of rotatable bonds is 14. The predicted octanol–water partition coefficient (Wildman–Crippen LogP) is 6.51. The second kappa shape index (κ2) is 17.2. The number of benzene rings is 5. The van der Waals surface area contributed by atoms with Crippen molar-refractivity contribution in [3.05, 3.63) is 179 Å². The monoisotopic (exact) mass is 700 g/mol. The van der Waals surface area contributed by atoms with Crippen molar-refractivity contribution in [2.75, 3.05) is 19.8 Å². The molecule has 0 aromatic heterocycles. The van der Waals surface area contributed by atoms with E-state index in [0.29, 0.717) is 6.42 Å². The first-order valence-corrected chi connectivity index (χ1v) is 16.7. The number of hydrogen-bond donors (Lipinski definition) is 0. The molecule has 52 heavy (non-hydrogen) atoms. The van der Waals surface area contributed by atoms with E-state index in [4.69, 9.17) is 28.4 Å². The minimum atomic E-state index is -2.02. The van der Waals surface area contributed by atoms with Gasteiger partial charge in [-0.05, 0) is 60.5 Å². The highest BCUT2D eigenvalue weighted by Crippen LogP contribution is 2.39. The Morgan fingerprint density at radius 2 is 0.942 bits per heavy atom. The minimum absolute atomic E-state index is 0.0160. The van der Waals surface area contributed by atoms with Gasteiger partial charge in [-0.15, -0.1) is 0 Å². The van der Waals surface area contributed by atoms with Crippen LogP contribution in [0.25, 0.3) is 0 Å². The fraction of sp³-hybridized carbons (Fsp3) is 0.190. The minimum Gasteiger partial charge on any atom is -0.459 e. The Kier molecular flexibility index (Phi) is 11.8. The summed E-state index contributed by atoms with van der Waals surface area (Å²) in [6.45, 7) is -0.997. The number of carbonyl (C=O) groups excluding carboxylic acids is 4. The Hall–Kier alpha value is -6.10. The van der Waals surface area contributed by atoms with Gasteiger partial charge in [0.05, 0.1) is 28.9 Å². The molecule has 10 nitrogen and oxygen atoms in total. The third kappa shape index (κ3) is 8.97. The smallest absolute Gasteiger partial charge is 0.338 e. The quantitative estimate of drug-likeness (QED) is 0.0936. The maximum Gasteiger partial charge on any atom is 0.338 e. The predicted molar refractivity (Wildman–Crippen MR) is 188 cm³/mol. The van der Waals surface area contributed by atoms with Gasteiger partial charge in [-0.2, -0.15) is 0 Å². The molecule has 1 aliphatic heterocycles. The second-order valence-corrected chi connectivity index (χ2v) is 11.9. The van der Waals surface area contributed by atoms with Crippen molar-refractivity contribution in [3.8, 4) is 0 Å². The van der Waals surface area contributed by atoms with E-state index in [1.54, 1.807) is 121 Å². The third-order valence-corrected chi connectivity index (χ3v) is 8.33. The molecule has 1 fully saturated rings. The molecule has 0 spiro atoms. The fourth-order valence-electron chi connectivity index (χ4n) is 5.68. The molecule has 4 atom stereocenters. The molecular weight excluding hydrogens is 664 g/mol. The van der Waals surface area contributed by atoms with Crippen molar-refractivity contribution >= 4 is 23.9 Å². The average molecular weight is 701 g/mol. The zero-order valence-corrected chi connectivity index (χ0v) is 28.1. The Morgan fingerprint density at radius 1 is 0.519 bits per heavy atom. The maximum absolute atomic E-state index is 13.7. The van der Waals surface area contributed by atoms with Crippen LogP contribution in [0.4, 0.5) is 0 Å². The van der Waals surface area contributed by atoms with Gasteiger partial charge in [0.2, 0.25) is 5.79 Å². The summed E-state index contributed by atoms with van der Waals surface area (Å²) in [5.41, 5.74) is 1.91. The van der Waals surface area contributed by atoms with Gasteiger partial charge in [-0.25, -0.2) is 19.2 Å². The molecule has 264 valence electrons. The highest BCUT2D eigenvalue weighted by Gasteiger charge is 2.62. The van der Waals surface area contributed by atoms with Crippen LogP contribution in [0.3, 0.4) is 0 Å². The molecule has 10 heteroatoms. The van der Waals surface area contributed by atoms with E-state index in [0.717, 1.165) is 5.56 Å². The lowest BCUT2D eigenvalue weighted by atomic mass is 10.0. The van der Waals surface area contributed by atoms with Crippen LogP contribution < -0.4 is 0 Å². The topological polar surface area (TPSA) is 124 Å². The molecule has 1 saturated heterocycles. The van der Waals surface area contributed by atoms with Crippen LogP contribution in [0.5, 0.6) is 0 Å². The number of carbonyl (C=O) groups is 4. The van der Waals surface area contributed by atoms with Gasteiger partial charge in [-0.3, -0.25) is 0 Å². The van der Waals surface area contributed by atoms with Crippen molar-refractivity contribution in [3.63, 3.8) is 0 Å². The summed E-state index contributed by atoms with van der Waals surface area (Å²) in [5, 5.41) is 0. The molecule has 0 unspecified atom stereocenters. The molecule has 0 amide bonds. The normalized spacial score (nSPS) is 19.3. The summed E-state index contributed by atoms with van der Waals surface area (Å²) >= 11 is 0. The SMILES string of the molecule is O=C(OC[C@H]1O[C@@](COC(=O)c2ccccc2)(OCCc2ccccc2)[C@@H](OC(=O)c2ccccc2)[C@@H]1OC(=O)c1ccccc1)c1ccccc1. The summed E-state index contributed by atoms with van der Waals surface area (Å²) < 4.78 is 36.6. The van der Waals surface area contributed by atoms with E-state index in [1.165, 1.54) is 0 Å². The summed E-state index contributed by atoms with van der Waals surface area (Å²) in [6, 6.07) is 42.6. The molecule has 0 saturated carbocycles. The maximum atomic E-state index is 13.7. The molecular formula is C42H36O10. The molecule has 0 radical (unpaired) electrons. The average Bonchev–Trinajstić information content (AvgIpc) is 3.48. The van der Waals surface area contributed by atoms with Crippen molar-refractivity contribution in [2.45, 2.75) is 30.5 Å². The van der Waals surface area contributed by atoms with Gasteiger partial charge in [0, 0.05) is 0 Å². The Bertz CT molecular complexity index is 1920.